The molecule has 3 N–H and O–H groups in total. The lowest BCUT2D eigenvalue weighted by Gasteiger charge is -2.11. The Labute approximate surface area is 168 Å². The van der Waals surface area contributed by atoms with Crippen LogP contribution >= 0.6 is 0 Å². The van der Waals surface area contributed by atoms with Crippen LogP contribution in [-0.2, 0) is 10.0 Å². The van der Waals surface area contributed by atoms with Crippen LogP contribution in [0.4, 0.5) is 11.4 Å². The van der Waals surface area contributed by atoms with Crippen LogP contribution in [0.15, 0.2) is 83.8 Å². The van der Waals surface area contributed by atoms with Crippen LogP contribution in [0.25, 0.3) is 0 Å². The van der Waals surface area contributed by atoms with E-state index in [0.717, 1.165) is 0 Å². The molecule has 3 rings (SSSR count). The maximum absolute atomic E-state index is 12.7. The summed E-state index contributed by atoms with van der Waals surface area (Å²) in [6, 6.07) is 20.7. The van der Waals surface area contributed by atoms with Crippen LogP contribution in [0.2, 0.25) is 0 Å². The smallest absolute Gasteiger partial charge is 0.261 e. The van der Waals surface area contributed by atoms with Crippen LogP contribution < -0.4 is 15.4 Å². The van der Waals surface area contributed by atoms with Gasteiger partial charge < -0.3 is 10.6 Å². The van der Waals surface area contributed by atoms with Crippen molar-refractivity contribution in [2.24, 2.45) is 0 Å². The van der Waals surface area contributed by atoms with Crippen molar-refractivity contribution in [2.75, 3.05) is 17.1 Å². The van der Waals surface area contributed by atoms with E-state index < -0.39 is 15.9 Å². The zero-order valence-corrected chi connectivity index (χ0v) is 16.4. The van der Waals surface area contributed by atoms with Crippen molar-refractivity contribution in [3.8, 4) is 0 Å². The fourth-order valence-corrected chi connectivity index (χ4v) is 3.71. The van der Waals surface area contributed by atoms with Gasteiger partial charge in [-0.25, -0.2) is 8.42 Å². The standard InChI is InChI=1S/C21H19N3O4S/c1-22-20(25)15-7-5-11-18(13-15)24-29(27,28)19-12-6-8-16(14-19)21(26)23-17-9-3-2-4-10-17/h2-14,24H,1H3,(H,22,25)(H,23,26). The highest BCUT2D eigenvalue weighted by Crippen LogP contribution is 2.19. The van der Waals surface area contributed by atoms with E-state index in [-0.39, 0.29) is 22.1 Å². The highest BCUT2D eigenvalue weighted by Gasteiger charge is 2.17. The number of hydrogen-bond acceptors (Lipinski definition) is 4. The van der Waals surface area contributed by atoms with Crippen LogP contribution in [0.5, 0.6) is 0 Å². The van der Waals surface area contributed by atoms with Crippen molar-refractivity contribution in [3.05, 3.63) is 90.0 Å². The van der Waals surface area contributed by atoms with Gasteiger partial charge in [0.25, 0.3) is 21.8 Å². The molecule has 0 unspecified atom stereocenters. The minimum absolute atomic E-state index is 0.0662. The lowest BCUT2D eigenvalue weighted by atomic mass is 10.2. The number of benzene rings is 3. The van der Waals surface area contributed by atoms with Gasteiger partial charge in [0.05, 0.1) is 4.90 Å². The Hall–Kier alpha value is -3.65. The molecule has 7 nitrogen and oxygen atoms in total. The molecule has 0 aliphatic carbocycles. The third-order valence-electron chi connectivity index (χ3n) is 4.04. The van der Waals surface area contributed by atoms with Crippen LogP contribution in [0.1, 0.15) is 20.7 Å². The number of carbonyl (C=O) groups excluding carboxylic acids is 2. The van der Waals surface area contributed by atoms with Crippen molar-refractivity contribution >= 4 is 33.2 Å². The van der Waals surface area contributed by atoms with Crippen LogP contribution in [-0.4, -0.2) is 27.3 Å². The van der Waals surface area contributed by atoms with Gasteiger partial charge in [-0.1, -0.05) is 30.3 Å². The summed E-state index contributed by atoms with van der Waals surface area (Å²) >= 11 is 0. The van der Waals surface area contributed by atoms with Crippen molar-refractivity contribution in [3.63, 3.8) is 0 Å². The van der Waals surface area contributed by atoms with Crippen molar-refractivity contribution in [2.45, 2.75) is 4.90 Å². The molecule has 0 aliphatic rings. The van der Waals surface area contributed by atoms with E-state index in [1.165, 1.54) is 43.4 Å². The molecular formula is C21H19N3O4S. The van der Waals surface area contributed by atoms with E-state index in [0.29, 0.717) is 11.3 Å². The largest absolute Gasteiger partial charge is 0.355 e. The van der Waals surface area contributed by atoms with Crippen molar-refractivity contribution in [1.82, 2.24) is 5.32 Å². The molecule has 148 valence electrons. The van der Waals surface area contributed by atoms with Gasteiger partial charge in [-0.3, -0.25) is 14.3 Å². The van der Waals surface area contributed by atoms with E-state index in [9.17, 15) is 18.0 Å². The number of nitrogens with one attached hydrogen (secondary N) is 3. The van der Waals surface area contributed by atoms with E-state index in [1.807, 2.05) is 6.07 Å². The molecule has 0 heterocycles. The van der Waals surface area contributed by atoms with Crippen LogP contribution in [0.3, 0.4) is 0 Å². The lowest BCUT2D eigenvalue weighted by molar-refractivity contribution is 0.0962. The normalized spacial score (nSPS) is 10.8. The Morgan fingerprint density at radius 2 is 1.34 bits per heavy atom. The van der Waals surface area contributed by atoms with Gasteiger partial charge in [-0.05, 0) is 48.5 Å². The second kappa shape index (κ2) is 8.57. The first-order valence-electron chi connectivity index (χ1n) is 8.70. The van der Waals surface area contributed by atoms with E-state index in [2.05, 4.69) is 15.4 Å². The zero-order chi connectivity index (χ0) is 20.9. The second-order valence-corrected chi connectivity index (χ2v) is 7.80. The van der Waals surface area contributed by atoms with Crippen molar-refractivity contribution in [1.29, 1.82) is 0 Å². The molecule has 0 atom stereocenters. The number of sulfonamides is 1. The first kappa shape index (κ1) is 20.1. The number of carbonyl (C=O) groups is 2. The highest BCUT2D eigenvalue weighted by molar-refractivity contribution is 7.92. The fourth-order valence-electron chi connectivity index (χ4n) is 2.61. The van der Waals surface area contributed by atoms with Crippen molar-refractivity contribution < 1.29 is 18.0 Å². The Bertz CT molecular complexity index is 1150. The quantitative estimate of drug-likeness (QED) is 0.582. The lowest BCUT2D eigenvalue weighted by Crippen LogP contribution is -2.19. The summed E-state index contributed by atoms with van der Waals surface area (Å²) in [7, 11) is -2.46. The Morgan fingerprint density at radius 3 is 2.03 bits per heavy atom. The minimum Gasteiger partial charge on any atom is -0.355 e. The third-order valence-corrected chi connectivity index (χ3v) is 5.42. The molecule has 8 heteroatoms. The number of para-hydroxylation sites is 1. The van der Waals surface area contributed by atoms with E-state index >= 15 is 0 Å². The average molecular weight is 409 g/mol. The molecule has 2 amide bonds. The van der Waals surface area contributed by atoms with Gasteiger partial charge >= 0.3 is 0 Å². The topological polar surface area (TPSA) is 104 Å². The molecule has 0 aromatic heterocycles. The summed E-state index contributed by atoms with van der Waals surface area (Å²) in [6.45, 7) is 0. The zero-order valence-electron chi connectivity index (χ0n) is 15.5. The summed E-state index contributed by atoms with van der Waals surface area (Å²) in [5, 5.41) is 5.20. The van der Waals surface area contributed by atoms with E-state index in [4.69, 9.17) is 0 Å². The summed E-state index contributed by atoms with van der Waals surface area (Å²) < 4.78 is 27.9. The summed E-state index contributed by atoms with van der Waals surface area (Å²) in [6.07, 6.45) is 0. The molecule has 0 radical (unpaired) electrons. The highest BCUT2D eigenvalue weighted by atomic mass is 32.2. The molecule has 0 spiro atoms. The predicted octanol–water partition coefficient (Wildman–Crippen LogP) is 3.10. The first-order valence-corrected chi connectivity index (χ1v) is 10.2. The van der Waals surface area contributed by atoms with Gasteiger partial charge in [-0.15, -0.1) is 0 Å². The monoisotopic (exact) mass is 409 g/mol. The Kier molecular flexibility index (Phi) is 5.94. The number of rotatable bonds is 6. The summed E-state index contributed by atoms with van der Waals surface area (Å²) in [4.78, 5) is 24.1. The summed E-state index contributed by atoms with van der Waals surface area (Å²) in [5.41, 5.74) is 1.37. The maximum Gasteiger partial charge on any atom is 0.261 e. The third kappa shape index (κ3) is 4.99. The Balaban J connectivity index is 1.82. The van der Waals surface area contributed by atoms with Gasteiger partial charge in [0, 0.05) is 29.5 Å². The molecule has 3 aromatic carbocycles. The SMILES string of the molecule is CNC(=O)c1cccc(NS(=O)(=O)c2cccc(C(=O)Nc3ccccc3)c2)c1. The van der Waals surface area contributed by atoms with Gasteiger partial charge in [0.2, 0.25) is 0 Å². The molecule has 0 saturated heterocycles. The summed E-state index contributed by atoms with van der Waals surface area (Å²) in [5.74, 6) is -0.750. The fraction of sp³-hybridized carbons (Fsp3) is 0.0476. The molecule has 0 fully saturated rings. The van der Waals surface area contributed by atoms with Crippen LogP contribution in [0, 0.1) is 0 Å². The van der Waals surface area contributed by atoms with Gasteiger partial charge in [0.15, 0.2) is 0 Å². The molecular weight excluding hydrogens is 390 g/mol. The number of hydrogen-bond donors (Lipinski definition) is 3. The molecule has 29 heavy (non-hydrogen) atoms. The number of amides is 2. The van der Waals surface area contributed by atoms with Gasteiger partial charge in [0.1, 0.15) is 0 Å². The molecule has 0 aliphatic heterocycles. The minimum atomic E-state index is -3.95. The maximum atomic E-state index is 12.7. The average Bonchev–Trinajstić information content (AvgIpc) is 2.74. The number of anilines is 2. The molecule has 0 bridgehead atoms. The molecule has 0 saturated carbocycles. The Morgan fingerprint density at radius 1 is 0.724 bits per heavy atom. The molecule has 3 aromatic rings. The van der Waals surface area contributed by atoms with Gasteiger partial charge in [-0.2, -0.15) is 0 Å². The second-order valence-electron chi connectivity index (χ2n) is 6.11. The predicted molar refractivity (Wildman–Crippen MR) is 111 cm³/mol. The first-order chi connectivity index (χ1) is 13.9. The van der Waals surface area contributed by atoms with E-state index in [1.54, 1.807) is 36.4 Å².